The number of nitrogens with zero attached hydrogens (tertiary/aromatic N) is 4. The molecule has 7 nitrogen and oxygen atoms in total. The van der Waals surface area contributed by atoms with Crippen molar-refractivity contribution >= 4 is 16.7 Å². The Bertz CT molecular complexity index is 1070. The van der Waals surface area contributed by atoms with E-state index in [1.54, 1.807) is 31.6 Å². The first-order valence-corrected chi connectivity index (χ1v) is 8.48. The van der Waals surface area contributed by atoms with Crippen molar-refractivity contribution in [2.45, 2.75) is 13.5 Å². The normalized spacial score (nSPS) is 10.9. The van der Waals surface area contributed by atoms with E-state index in [4.69, 9.17) is 15.2 Å². The van der Waals surface area contributed by atoms with Crippen molar-refractivity contribution in [3.05, 3.63) is 66.1 Å². The molecule has 0 saturated carbocycles. The molecule has 4 aromatic rings. The monoisotopic (exact) mass is 361 g/mol. The van der Waals surface area contributed by atoms with Crippen LogP contribution in [-0.4, -0.2) is 26.9 Å². The number of benzene rings is 1. The van der Waals surface area contributed by atoms with Gasteiger partial charge >= 0.3 is 0 Å². The molecule has 3 aromatic heterocycles. The van der Waals surface area contributed by atoms with E-state index in [9.17, 15) is 0 Å². The second-order valence-electron chi connectivity index (χ2n) is 6.13. The zero-order valence-electron chi connectivity index (χ0n) is 15.1. The predicted molar refractivity (Wildman–Crippen MR) is 103 cm³/mol. The van der Waals surface area contributed by atoms with Gasteiger partial charge in [-0.25, -0.2) is 14.6 Å². The van der Waals surface area contributed by atoms with E-state index in [0.717, 1.165) is 28.0 Å². The van der Waals surface area contributed by atoms with Crippen LogP contribution in [0.3, 0.4) is 0 Å². The van der Waals surface area contributed by atoms with Gasteiger partial charge in [-0.2, -0.15) is 5.10 Å². The molecular formula is C20H19N5O2. The highest BCUT2D eigenvalue weighted by molar-refractivity contribution is 5.85. The average Bonchev–Trinajstić information content (AvgIpc) is 3.01. The Kier molecular flexibility index (Phi) is 4.33. The number of aryl methyl sites for hydroxylation is 1. The van der Waals surface area contributed by atoms with Gasteiger partial charge in [0.05, 0.1) is 36.6 Å². The van der Waals surface area contributed by atoms with Gasteiger partial charge in [-0.05, 0) is 30.7 Å². The van der Waals surface area contributed by atoms with Gasteiger partial charge in [-0.3, -0.25) is 0 Å². The number of hydrogen-bond acceptors (Lipinski definition) is 6. The molecular weight excluding hydrogens is 342 g/mol. The molecule has 136 valence electrons. The topological polar surface area (TPSA) is 88.1 Å². The Morgan fingerprint density at radius 1 is 1.04 bits per heavy atom. The number of anilines is 1. The van der Waals surface area contributed by atoms with E-state index in [1.807, 2.05) is 41.9 Å². The summed E-state index contributed by atoms with van der Waals surface area (Å²) in [6, 6.07) is 13.2. The predicted octanol–water partition coefficient (Wildman–Crippen LogP) is 3.57. The Hall–Kier alpha value is -3.61. The van der Waals surface area contributed by atoms with Crippen LogP contribution in [0.25, 0.3) is 11.0 Å². The molecule has 0 amide bonds. The molecule has 27 heavy (non-hydrogen) atoms. The van der Waals surface area contributed by atoms with Crippen molar-refractivity contribution < 1.29 is 9.47 Å². The minimum Gasteiger partial charge on any atom is -0.497 e. The van der Waals surface area contributed by atoms with Gasteiger partial charge in [0.15, 0.2) is 5.65 Å². The summed E-state index contributed by atoms with van der Waals surface area (Å²) in [4.78, 5) is 8.70. The maximum absolute atomic E-state index is 5.94. The van der Waals surface area contributed by atoms with Crippen LogP contribution < -0.4 is 15.2 Å². The highest BCUT2D eigenvalue weighted by Gasteiger charge is 2.15. The lowest BCUT2D eigenvalue weighted by molar-refractivity contribution is 0.414. The van der Waals surface area contributed by atoms with E-state index in [-0.39, 0.29) is 0 Å². The third-order valence-electron chi connectivity index (χ3n) is 4.23. The summed E-state index contributed by atoms with van der Waals surface area (Å²) in [7, 11) is 1.65. The zero-order chi connectivity index (χ0) is 18.8. The first kappa shape index (κ1) is 16.8. The fourth-order valence-electron chi connectivity index (χ4n) is 2.91. The van der Waals surface area contributed by atoms with Crippen LogP contribution in [0.15, 0.2) is 54.9 Å². The van der Waals surface area contributed by atoms with Gasteiger partial charge in [0.25, 0.3) is 0 Å². The Morgan fingerprint density at radius 3 is 2.56 bits per heavy atom. The molecule has 7 heteroatoms. The van der Waals surface area contributed by atoms with Crippen LogP contribution in [0.5, 0.6) is 17.4 Å². The van der Waals surface area contributed by atoms with Crippen LogP contribution in [0.1, 0.15) is 11.3 Å². The minimum atomic E-state index is 0.471. The first-order chi connectivity index (χ1) is 13.1. The standard InChI is InChI=1S/C20H19N5O2/c1-13-19-17(27-18-8-5-15(21)11-23-18)9-10-22-20(19)25(24-13)12-14-3-6-16(26-2)7-4-14/h3-11H,12,21H2,1-2H3. The van der Waals surface area contributed by atoms with Crippen molar-refractivity contribution in [3.8, 4) is 17.4 Å². The number of aromatic nitrogens is 4. The molecule has 4 rings (SSSR count). The van der Waals surface area contributed by atoms with Gasteiger partial charge < -0.3 is 15.2 Å². The highest BCUT2D eigenvalue weighted by Crippen LogP contribution is 2.30. The maximum atomic E-state index is 5.94. The molecule has 0 unspecified atom stereocenters. The van der Waals surface area contributed by atoms with Crippen LogP contribution in [0, 0.1) is 6.92 Å². The van der Waals surface area contributed by atoms with Crippen LogP contribution >= 0.6 is 0 Å². The van der Waals surface area contributed by atoms with E-state index in [2.05, 4.69) is 15.1 Å². The molecule has 0 radical (unpaired) electrons. The number of methoxy groups -OCH3 is 1. The van der Waals surface area contributed by atoms with E-state index in [0.29, 0.717) is 23.9 Å². The molecule has 0 bridgehead atoms. The summed E-state index contributed by atoms with van der Waals surface area (Å²) in [5.41, 5.74) is 8.98. The molecule has 0 aliphatic heterocycles. The second-order valence-corrected chi connectivity index (χ2v) is 6.13. The lowest BCUT2D eigenvalue weighted by atomic mass is 10.2. The molecule has 0 atom stereocenters. The maximum Gasteiger partial charge on any atom is 0.219 e. The second kappa shape index (κ2) is 6.95. The molecule has 3 heterocycles. The number of nitrogen functional groups attached to an aromatic ring is 1. The van der Waals surface area contributed by atoms with Crippen molar-refractivity contribution in [1.82, 2.24) is 19.7 Å². The minimum absolute atomic E-state index is 0.471. The lowest BCUT2D eigenvalue weighted by Gasteiger charge is -2.07. The van der Waals surface area contributed by atoms with Crippen LogP contribution in [0.4, 0.5) is 5.69 Å². The largest absolute Gasteiger partial charge is 0.497 e. The molecule has 0 saturated heterocycles. The lowest BCUT2D eigenvalue weighted by Crippen LogP contribution is -2.03. The summed E-state index contributed by atoms with van der Waals surface area (Å²) >= 11 is 0. The Morgan fingerprint density at radius 2 is 1.85 bits per heavy atom. The number of ether oxygens (including phenoxy) is 2. The van der Waals surface area contributed by atoms with Gasteiger partial charge in [0, 0.05) is 18.3 Å². The fraction of sp³-hybridized carbons (Fsp3) is 0.150. The first-order valence-electron chi connectivity index (χ1n) is 8.48. The third kappa shape index (κ3) is 3.39. The number of rotatable bonds is 5. The number of hydrogen-bond donors (Lipinski definition) is 1. The van der Waals surface area contributed by atoms with Gasteiger partial charge in [0.1, 0.15) is 11.5 Å². The third-order valence-corrected chi connectivity index (χ3v) is 4.23. The molecule has 0 spiro atoms. The summed E-state index contributed by atoms with van der Waals surface area (Å²) in [6.45, 7) is 2.54. The number of pyridine rings is 2. The van der Waals surface area contributed by atoms with Crippen molar-refractivity contribution in [1.29, 1.82) is 0 Å². The van der Waals surface area contributed by atoms with Gasteiger partial charge in [0.2, 0.25) is 5.88 Å². The van der Waals surface area contributed by atoms with Crippen LogP contribution in [-0.2, 0) is 6.54 Å². The van der Waals surface area contributed by atoms with Gasteiger partial charge in [-0.1, -0.05) is 12.1 Å². The van der Waals surface area contributed by atoms with E-state index < -0.39 is 0 Å². The summed E-state index contributed by atoms with van der Waals surface area (Å²) in [6.07, 6.45) is 3.27. The average molecular weight is 361 g/mol. The van der Waals surface area contributed by atoms with Crippen molar-refractivity contribution in [2.24, 2.45) is 0 Å². The SMILES string of the molecule is COc1ccc(Cn2nc(C)c3c(Oc4ccc(N)cn4)ccnc32)cc1. The Balaban J connectivity index is 1.68. The Labute approximate surface area is 156 Å². The van der Waals surface area contributed by atoms with E-state index in [1.165, 1.54) is 0 Å². The number of fused-ring (bicyclic) bond motifs is 1. The molecule has 0 fully saturated rings. The van der Waals surface area contributed by atoms with Gasteiger partial charge in [-0.15, -0.1) is 0 Å². The van der Waals surface area contributed by atoms with Crippen LogP contribution in [0.2, 0.25) is 0 Å². The van der Waals surface area contributed by atoms with Crippen molar-refractivity contribution in [2.75, 3.05) is 12.8 Å². The summed E-state index contributed by atoms with van der Waals surface area (Å²) in [5.74, 6) is 1.96. The molecule has 2 N–H and O–H groups in total. The van der Waals surface area contributed by atoms with E-state index >= 15 is 0 Å². The molecule has 0 aliphatic carbocycles. The zero-order valence-corrected chi connectivity index (χ0v) is 15.1. The quantitative estimate of drug-likeness (QED) is 0.585. The number of nitrogens with two attached hydrogens (primary N) is 1. The smallest absolute Gasteiger partial charge is 0.219 e. The van der Waals surface area contributed by atoms with Crippen molar-refractivity contribution in [3.63, 3.8) is 0 Å². The fourth-order valence-corrected chi connectivity index (χ4v) is 2.91. The summed E-state index contributed by atoms with van der Waals surface area (Å²) < 4.78 is 13.0. The molecule has 1 aromatic carbocycles. The highest BCUT2D eigenvalue weighted by atomic mass is 16.5. The molecule has 0 aliphatic rings. The summed E-state index contributed by atoms with van der Waals surface area (Å²) in [5, 5.41) is 5.51.